The number of fused-ring (bicyclic) bond motifs is 1. The third kappa shape index (κ3) is 4.68. The first-order valence-electron chi connectivity index (χ1n) is 9.60. The second-order valence-electron chi connectivity index (χ2n) is 7.01. The van der Waals surface area contributed by atoms with Crippen LogP contribution in [0.25, 0.3) is 6.08 Å². The number of carbonyl (C=O) groups excluding carboxylic acids is 2. The van der Waals surface area contributed by atoms with Gasteiger partial charge in [-0.25, -0.2) is 0 Å². The van der Waals surface area contributed by atoms with E-state index in [4.69, 9.17) is 25.8 Å². The summed E-state index contributed by atoms with van der Waals surface area (Å²) in [6, 6.07) is 8.60. The Hall–Kier alpha value is -3.19. The number of benzene rings is 2. The quantitative estimate of drug-likeness (QED) is 0.686. The number of rotatable bonds is 6. The van der Waals surface area contributed by atoms with Crippen molar-refractivity contribution < 1.29 is 23.8 Å². The summed E-state index contributed by atoms with van der Waals surface area (Å²) < 4.78 is 16.5. The molecule has 2 N–H and O–H groups in total. The van der Waals surface area contributed by atoms with Gasteiger partial charge in [-0.3, -0.25) is 9.59 Å². The summed E-state index contributed by atoms with van der Waals surface area (Å²) in [7, 11) is 1.55. The predicted octanol–water partition coefficient (Wildman–Crippen LogP) is 3.66. The van der Waals surface area contributed by atoms with E-state index < -0.39 is 0 Å². The van der Waals surface area contributed by atoms with Gasteiger partial charge in [-0.1, -0.05) is 11.6 Å². The summed E-state index contributed by atoms with van der Waals surface area (Å²) >= 11 is 6.22. The van der Waals surface area contributed by atoms with Crippen molar-refractivity contribution in [1.82, 2.24) is 5.32 Å². The van der Waals surface area contributed by atoms with Crippen LogP contribution in [0.3, 0.4) is 0 Å². The molecule has 1 fully saturated rings. The van der Waals surface area contributed by atoms with Crippen LogP contribution in [0.2, 0.25) is 5.02 Å². The number of ether oxygens (including phenoxy) is 3. The SMILES string of the molecule is COc1cc(C=CC(=O)Nc2ccc(C(=O)NC3CC3)c(Cl)c2)cc2c1OCCO2. The molecule has 1 aliphatic carbocycles. The minimum absolute atomic E-state index is 0.201. The second kappa shape index (κ2) is 8.67. The predicted molar refractivity (Wildman–Crippen MR) is 114 cm³/mol. The molecule has 30 heavy (non-hydrogen) atoms. The van der Waals surface area contributed by atoms with Crippen LogP contribution in [0.15, 0.2) is 36.4 Å². The lowest BCUT2D eigenvalue weighted by Gasteiger charge is -2.20. The van der Waals surface area contributed by atoms with Crippen molar-refractivity contribution in [2.75, 3.05) is 25.6 Å². The average molecular weight is 429 g/mol. The van der Waals surface area contributed by atoms with Crippen molar-refractivity contribution in [2.45, 2.75) is 18.9 Å². The van der Waals surface area contributed by atoms with Crippen LogP contribution >= 0.6 is 11.6 Å². The summed E-state index contributed by atoms with van der Waals surface area (Å²) in [4.78, 5) is 24.4. The summed E-state index contributed by atoms with van der Waals surface area (Å²) in [5, 5.41) is 5.91. The molecule has 2 aliphatic rings. The van der Waals surface area contributed by atoms with Gasteiger partial charge >= 0.3 is 0 Å². The molecule has 0 atom stereocenters. The lowest BCUT2D eigenvalue weighted by Crippen LogP contribution is -2.25. The maximum Gasteiger partial charge on any atom is 0.253 e. The van der Waals surface area contributed by atoms with Crippen molar-refractivity contribution in [1.29, 1.82) is 0 Å². The maximum absolute atomic E-state index is 12.3. The Labute approximate surface area is 179 Å². The van der Waals surface area contributed by atoms with Crippen molar-refractivity contribution in [2.24, 2.45) is 0 Å². The highest BCUT2D eigenvalue weighted by Crippen LogP contribution is 2.40. The van der Waals surface area contributed by atoms with Crippen molar-refractivity contribution in [3.05, 3.63) is 52.6 Å². The van der Waals surface area contributed by atoms with Gasteiger partial charge in [0.05, 0.1) is 17.7 Å². The molecule has 7 nitrogen and oxygen atoms in total. The minimum Gasteiger partial charge on any atom is -0.493 e. The molecule has 0 unspecified atom stereocenters. The van der Waals surface area contributed by atoms with E-state index in [2.05, 4.69) is 10.6 Å². The number of hydrogen-bond donors (Lipinski definition) is 2. The summed E-state index contributed by atoms with van der Waals surface area (Å²) in [5.74, 6) is 1.14. The molecule has 156 valence electrons. The van der Waals surface area contributed by atoms with E-state index in [1.54, 1.807) is 43.5 Å². The van der Waals surface area contributed by atoms with Gasteiger partial charge in [-0.15, -0.1) is 0 Å². The molecule has 0 saturated heterocycles. The molecule has 2 aromatic rings. The monoisotopic (exact) mass is 428 g/mol. The molecule has 1 saturated carbocycles. The number of amides is 2. The zero-order valence-electron chi connectivity index (χ0n) is 16.4. The van der Waals surface area contributed by atoms with E-state index in [9.17, 15) is 9.59 Å². The standard InChI is InChI=1S/C22H21ClN2O5/c1-28-18-10-13(11-19-21(18)30-9-8-29-19)2-7-20(26)24-15-5-6-16(17(23)12-15)22(27)25-14-3-4-14/h2,5-7,10-12,14H,3-4,8-9H2,1H3,(H,24,26)(H,25,27). The van der Waals surface area contributed by atoms with E-state index in [0.717, 1.165) is 18.4 Å². The fourth-order valence-corrected chi connectivity index (χ4v) is 3.28. The topological polar surface area (TPSA) is 85.9 Å². The van der Waals surface area contributed by atoms with Crippen LogP contribution in [0, 0.1) is 0 Å². The Morgan fingerprint density at radius 2 is 1.97 bits per heavy atom. The van der Waals surface area contributed by atoms with E-state index in [1.807, 2.05) is 0 Å². The van der Waals surface area contributed by atoms with Crippen LogP contribution in [-0.4, -0.2) is 38.2 Å². The Morgan fingerprint density at radius 1 is 1.17 bits per heavy atom. The van der Waals surface area contributed by atoms with E-state index in [0.29, 0.717) is 41.7 Å². The fraction of sp³-hybridized carbons (Fsp3) is 0.273. The van der Waals surface area contributed by atoms with Gasteiger partial charge in [-0.05, 0) is 54.8 Å². The zero-order valence-corrected chi connectivity index (χ0v) is 17.1. The molecule has 0 aromatic heterocycles. The lowest BCUT2D eigenvalue weighted by molar-refractivity contribution is -0.111. The fourth-order valence-electron chi connectivity index (χ4n) is 3.01. The molecule has 0 bridgehead atoms. The van der Waals surface area contributed by atoms with E-state index in [-0.39, 0.29) is 22.9 Å². The number of hydrogen-bond acceptors (Lipinski definition) is 5. The third-order valence-electron chi connectivity index (χ3n) is 4.67. The van der Waals surface area contributed by atoms with E-state index in [1.165, 1.54) is 6.08 Å². The summed E-state index contributed by atoms with van der Waals surface area (Å²) in [6.45, 7) is 0.920. The van der Waals surface area contributed by atoms with Crippen LogP contribution < -0.4 is 24.8 Å². The van der Waals surface area contributed by atoms with Gasteiger partial charge in [0.2, 0.25) is 11.7 Å². The van der Waals surface area contributed by atoms with Gasteiger partial charge < -0.3 is 24.8 Å². The Balaban J connectivity index is 1.42. The number of nitrogens with one attached hydrogen (secondary N) is 2. The van der Waals surface area contributed by atoms with Crippen LogP contribution in [0.4, 0.5) is 5.69 Å². The molecular weight excluding hydrogens is 408 g/mol. The molecule has 4 rings (SSSR count). The molecule has 8 heteroatoms. The van der Waals surface area contributed by atoms with Crippen molar-refractivity contribution >= 4 is 35.2 Å². The first-order chi connectivity index (χ1) is 14.5. The highest BCUT2D eigenvalue weighted by molar-refractivity contribution is 6.34. The van der Waals surface area contributed by atoms with Gasteiger partial charge in [0.1, 0.15) is 13.2 Å². The van der Waals surface area contributed by atoms with E-state index >= 15 is 0 Å². The number of anilines is 1. The summed E-state index contributed by atoms with van der Waals surface area (Å²) in [6.07, 6.45) is 5.04. The number of methoxy groups -OCH3 is 1. The molecule has 1 aliphatic heterocycles. The third-order valence-corrected chi connectivity index (χ3v) is 4.98. The van der Waals surface area contributed by atoms with Gasteiger partial charge in [0.25, 0.3) is 5.91 Å². The normalized spacial score (nSPS) is 15.0. The smallest absolute Gasteiger partial charge is 0.253 e. The van der Waals surface area contributed by atoms with Crippen molar-refractivity contribution in [3.63, 3.8) is 0 Å². The Bertz CT molecular complexity index is 1000. The first kappa shape index (κ1) is 20.1. The molecule has 2 aromatic carbocycles. The highest BCUT2D eigenvalue weighted by Gasteiger charge is 2.24. The highest BCUT2D eigenvalue weighted by atomic mass is 35.5. The molecule has 0 spiro atoms. The van der Waals surface area contributed by atoms with Crippen LogP contribution in [-0.2, 0) is 4.79 Å². The average Bonchev–Trinajstić information content (AvgIpc) is 3.55. The zero-order chi connectivity index (χ0) is 21.1. The molecular formula is C22H21ClN2O5. The molecule has 0 radical (unpaired) electrons. The number of carbonyl (C=O) groups is 2. The van der Waals surface area contributed by atoms with Gasteiger partial charge in [0.15, 0.2) is 11.5 Å². The maximum atomic E-state index is 12.3. The minimum atomic E-state index is -0.338. The molecule has 1 heterocycles. The van der Waals surface area contributed by atoms with Gasteiger partial charge in [0, 0.05) is 17.8 Å². The largest absolute Gasteiger partial charge is 0.493 e. The summed E-state index contributed by atoms with van der Waals surface area (Å²) in [5.41, 5.74) is 1.62. The molecule has 2 amide bonds. The van der Waals surface area contributed by atoms with Crippen molar-refractivity contribution in [3.8, 4) is 17.2 Å². The van der Waals surface area contributed by atoms with Gasteiger partial charge in [-0.2, -0.15) is 0 Å². The number of halogens is 1. The second-order valence-corrected chi connectivity index (χ2v) is 7.42. The van der Waals surface area contributed by atoms with Crippen LogP contribution in [0.1, 0.15) is 28.8 Å². The van der Waals surface area contributed by atoms with Crippen LogP contribution in [0.5, 0.6) is 17.2 Å². The Kier molecular flexibility index (Phi) is 5.81. The first-order valence-corrected chi connectivity index (χ1v) is 9.98. The lowest BCUT2D eigenvalue weighted by atomic mass is 10.1. The Morgan fingerprint density at radius 3 is 2.70 bits per heavy atom.